The molecule has 2 amide bonds. The molecule has 1 spiro atoms. The number of nitrogens with one attached hydrogen (secondary N) is 2. The van der Waals surface area contributed by atoms with Crippen LogP contribution in [0, 0.1) is 21.7 Å². The van der Waals surface area contributed by atoms with Crippen molar-refractivity contribution in [2.75, 3.05) is 81.4 Å². The zero-order valence-corrected chi connectivity index (χ0v) is 41.6. The van der Waals surface area contributed by atoms with Crippen LogP contribution in [0.4, 0.5) is 38.1 Å². The lowest BCUT2D eigenvalue weighted by molar-refractivity contribution is -0.250. The molecule has 0 unspecified atom stereocenters. The van der Waals surface area contributed by atoms with E-state index >= 15 is 0 Å². The van der Waals surface area contributed by atoms with Crippen LogP contribution in [0.25, 0.3) is 0 Å². The first kappa shape index (κ1) is 50.5. The number of sulfonamides is 1. The van der Waals surface area contributed by atoms with E-state index in [4.69, 9.17) is 0 Å². The third-order valence-electron chi connectivity index (χ3n) is 15.5. The van der Waals surface area contributed by atoms with Crippen molar-refractivity contribution in [3.63, 3.8) is 0 Å². The van der Waals surface area contributed by atoms with Crippen LogP contribution in [0.3, 0.4) is 0 Å². The molecule has 3 aliphatic heterocycles. The zero-order chi connectivity index (χ0) is 50.1. The Hall–Kier alpha value is -4.44. The number of carbonyl (C=O) groups excluding carboxylic acids is 1. The lowest BCUT2D eigenvalue weighted by Gasteiger charge is -2.72. The molecule has 0 aromatic heterocycles. The number of hydrogen-bond acceptors (Lipinski definition) is 11. The molecule has 1 atom stereocenters. The maximum Gasteiger partial charge on any atom is 0.501 e. The third kappa shape index (κ3) is 10.0. The third-order valence-corrected chi connectivity index (χ3v) is 19.5. The van der Waals surface area contributed by atoms with Crippen LogP contribution in [0.1, 0.15) is 69.2 Å². The van der Waals surface area contributed by atoms with Crippen LogP contribution >= 0.6 is 11.8 Å². The summed E-state index contributed by atoms with van der Waals surface area (Å²) in [5.74, 6) is -0.759. The number of carboxylic acid groups (broad SMARTS) is 1. The summed E-state index contributed by atoms with van der Waals surface area (Å²) >= 11 is 1.40. The normalized spacial score (nSPS) is 24.9. The molecule has 3 heterocycles. The quantitative estimate of drug-likeness (QED) is 0.0675. The number of anilines is 2. The number of thioether (sulfide) groups is 1. The number of rotatable bonds is 17. The molecular weight excluding hydrogens is 976 g/mol. The number of sulfone groups is 1. The molecule has 13 nitrogen and oxygen atoms in total. The molecule has 380 valence electrons. The molecule has 21 heteroatoms. The highest BCUT2D eigenvalue weighted by molar-refractivity contribution is 7.99. The molecule has 7 aliphatic rings. The summed E-state index contributed by atoms with van der Waals surface area (Å²) < 4.78 is 126. The molecule has 70 heavy (non-hydrogen) atoms. The van der Waals surface area contributed by atoms with Gasteiger partial charge in [0.05, 0.1) is 10.6 Å². The Morgan fingerprint density at radius 3 is 2.13 bits per heavy atom. The molecular formula is C49H59F5N6O7S3. The molecule has 2 bridgehead atoms. The minimum absolute atomic E-state index is 0.0438. The van der Waals surface area contributed by atoms with E-state index < -0.39 is 70.7 Å². The fraction of sp³-hybridized carbons (Fsp3) is 0.551. The van der Waals surface area contributed by atoms with Crippen molar-refractivity contribution in [3.8, 4) is 0 Å². The van der Waals surface area contributed by atoms with Gasteiger partial charge in [0.15, 0.2) is 0 Å². The average molecular weight is 1040 g/mol. The molecule has 3 saturated heterocycles. The second kappa shape index (κ2) is 18.6. The van der Waals surface area contributed by atoms with Crippen LogP contribution < -0.4 is 14.9 Å². The van der Waals surface area contributed by atoms with Gasteiger partial charge in [-0.2, -0.15) is 13.2 Å². The molecule has 0 radical (unpaired) electrons. The van der Waals surface area contributed by atoms with Crippen molar-refractivity contribution in [2.45, 2.75) is 91.5 Å². The van der Waals surface area contributed by atoms with E-state index in [0.29, 0.717) is 83.3 Å². The fourth-order valence-electron chi connectivity index (χ4n) is 11.7. The summed E-state index contributed by atoms with van der Waals surface area (Å²) in [5, 5.41) is 12.2. The van der Waals surface area contributed by atoms with Gasteiger partial charge < -0.3 is 25.1 Å². The van der Waals surface area contributed by atoms with Crippen LogP contribution in [0.15, 0.2) is 98.6 Å². The smallest absolute Gasteiger partial charge is 0.465 e. The summed E-state index contributed by atoms with van der Waals surface area (Å²) in [4.78, 5) is 31.4. The maximum absolute atomic E-state index is 14.3. The predicted molar refractivity (Wildman–Crippen MR) is 256 cm³/mol. The van der Waals surface area contributed by atoms with E-state index in [2.05, 4.69) is 33.9 Å². The van der Waals surface area contributed by atoms with E-state index in [1.165, 1.54) is 39.9 Å². The molecule has 3 aromatic carbocycles. The largest absolute Gasteiger partial charge is 0.501 e. The maximum atomic E-state index is 14.3. The standard InChI is InChI=1S/C49H59F5N6O7S3/c1-45(2)16-14-34(39(23-45)47-26-48(27-47,28-47)43(50)51)24-57-18-20-59(21-19-57)36-10-8-33(9-11-36)42(61)56-70(66,67)38-12-13-40(41(22-38)69(64,65)49(52,53)54)55-35(25-68-37-6-4-3-5-7-37)15-17-58-29-46(30-58)31-60(32-46)44(62)63/h3-13,22,35,43,55H,14-21,23-32H2,1-2H3,(H,56,61)(H,62,63)/t35-,47?,48?/m1/s1. The van der Waals surface area contributed by atoms with Gasteiger partial charge in [-0.1, -0.05) is 43.2 Å². The van der Waals surface area contributed by atoms with Crippen molar-refractivity contribution in [2.24, 2.45) is 21.7 Å². The Morgan fingerprint density at radius 1 is 0.857 bits per heavy atom. The Kier molecular flexibility index (Phi) is 13.4. The fourth-order valence-corrected chi connectivity index (χ4v) is 14.8. The van der Waals surface area contributed by atoms with Gasteiger partial charge >= 0.3 is 11.6 Å². The molecule has 6 fully saturated rings. The topological polar surface area (TPSA) is 160 Å². The first-order valence-corrected chi connectivity index (χ1v) is 27.6. The number of allylic oxidation sites excluding steroid dienone is 1. The zero-order valence-electron chi connectivity index (χ0n) is 39.1. The minimum Gasteiger partial charge on any atom is -0.465 e. The monoisotopic (exact) mass is 1030 g/mol. The van der Waals surface area contributed by atoms with Gasteiger partial charge in [-0.25, -0.2) is 35.1 Å². The van der Waals surface area contributed by atoms with E-state index in [1.807, 2.05) is 35.1 Å². The Bertz CT molecular complexity index is 2720. The summed E-state index contributed by atoms with van der Waals surface area (Å²) in [6.45, 7) is 10.8. The number of nitrogens with zero attached hydrogens (tertiary/aromatic N) is 4. The number of alkyl halides is 5. The lowest BCUT2D eigenvalue weighted by atomic mass is 9.32. The number of carbonyl (C=O) groups is 2. The minimum atomic E-state index is -6.12. The van der Waals surface area contributed by atoms with Gasteiger partial charge in [0.1, 0.15) is 4.90 Å². The van der Waals surface area contributed by atoms with E-state index in [0.717, 1.165) is 61.6 Å². The molecule has 3 aromatic rings. The second-order valence-corrected chi connectivity index (χ2v) is 26.0. The molecule has 4 aliphatic carbocycles. The van der Waals surface area contributed by atoms with Gasteiger partial charge in [0.25, 0.3) is 25.8 Å². The number of hydrogen-bond donors (Lipinski definition) is 3. The van der Waals surface area contributed by atoms with Crippen molar-refractivity contribution in [1.29, 1.82) is 0 Å². The number of piperazine rings is 1. The summed E-state index contributed by atoms with van der Waals surface area (Å²) in [7, 11) is -11.0. The Morgan fingerprint density at radius 2 is 1.51 bits per heavy atom. The van der Waals surface area contributed by atoms with Gasteiger partial charge in [-0.05, 0) is 110 Å². The lowest BCUT2D eigenvalue weighted by Crippen LogP contribution is -2.72. The van der Waals surface area contributed by atoms with Crippen molar-refractivity contribution >= 4 is 55.0 Å². The van der Waals surface area contributed by atoms with Gasteiger partial charge in [0.2, 0.25) is 6.43 Å². The first-order chi connectivity index (χ1) is 32.9. The second-order valence-electron chi connectivity index (χ2n) is 21.4. The highest BCUT2D eigenvalue weighted by atomic mass is 32.2. The van der Waals surface area contributed by atoms with E-state index in [-0.39, 0.29) is 21.8 Å². The van der Waals surface area contributed by atoms with Crippen molar-refractivity contribution in [1.82, 2.24) is 19.4 Å². The predicted octanol–water partition coefficient (Wildman–Crippen LogP) is 8.42. The SMILES string of the molecule is CC1(C)CCC(CN2CCN(c3ccc(C(=O)NS(=O)(=O)c4ccc(N[C@H](CCN5CC6(C5)CN(C(=O)O)C6)CSc5ccccc5)c(S(=O)(=O)C(F)(F)F)c4)cc3)CC2)=C(C23CC(C(F)F)(C2)C3)C1. The number of amides is 2. The number of benzene rings is 3. The first-order valence-electron chi connectivity index (χ1n) is 23.6. The highest BCUT2D eigenvalue weighted by Gasteiger charge is 2.73. The molecule has 3 N–H and O–H groups in total. The van der Waals surface area contributed by atoms with Gasteiger partial charge in [-0.3, -0.25) is 9.69 Å². The van der Waals surface area contributed by atoms with E-state index in [9.17, 15) is 53.5 Å². The van der Waals surface area contributed by atoms with Crippen LogP contribution in [0.5, 0.6) is 0 Å². The van der Waals surface area contributed by atoms with E-state index in [1.54, 1.807) is 12.1 Å². The summed E-state index contributed by atoms with van der Waals surface area (Å²) in [6, 6.07) is 17.2. The summed E-state index contributed by atoms with van der Waals surface area (Å²) in [5.41, 5.74) is -3.49. The van der Waals surface area contributed by atoms with Crippen molar-refractivity contribution < 1.29 is 53.5 Å². The number of likely N-dealkylation sites (tertiary alicyclic amines) is 2. The Labute approximate surface area is 410 Å². The van der Waals surface area contributed by atoms with Gasteiger partial charge in [-0.15, -0.1) is 11.8 Å². The average Bonchev–Trinajstić information content (AvgIpc) is 3.24. The number of halogens is 5. The van der Waals surface area contributed by atoms with Crippen molar-refractivity contribution in [3.05, 3.63) is 89.5 Å². The van der Waals surface area contributed by atoms with Crippen LogP contribution in [-0.2, 0) is 19.9 Å². The van der Waals surface area contributed by atoms with Gasteiger partial charge in [0, 0.05) is 104 Å². The molecule has 10 rings (SSSR count). The Balaban J connectivity index is 0.840. The van der Waals surface area contributed by atoms with Crippen LogP contribution in [0.2, 0.25) is 0 Å². The molecule has 3 saturated carbocycles. The van der Waals surface area contributed by atoms with Crippen LogP contribution in [-0.4, -0.2) is 138 Å². The highest BCUT2D eigenvalue weighted by Crippen LogP contribution is 2.79. The summed E-state index contributed by atoms with van der Waals surface area (Å²) in [6.07, 6.45) is 1.88.